The smallest absolute Gasteiger partial charge is 0.191 e. The lowest BCUT2D eigenvalue weighted by Crippen LogP contribution is -2.38. The molecule has 2 rings (SSSR count). The monoisotopic (exact) mass is 492 g/mol. The van der Waals surface area contributed by atoms with Crippen molar-refractivity contribution in [3.63, 3.8) is 0 Å². The Morgan fingerprint density at radius 3 is 2.72 bits per heavy atom. The first-order valence-corrected chi connectivity index (χ1v) is 10.4. The summed E-state index contributed by atoms with van der Waals surface area (Å²) in [4.78, 5) is 10.8. The molecular weight excluding hydrogens is 463 g/mol. The summed E-state index contributed by atoms with van der Waals surface area (Å²) in [5.74, 6) is 1.34. The summed E-state index contributed by atoms with van der Waals surface area (Å²) < 4.78 is 0. The maximum atomic E-state index is 4.72. The number of nitrogens with zero attached hydrogens (tertiary/aromatic N) is 2. The van der Waals surface area contributed by atoms with Crippen LogP contribution in [0.3, 0.4) is 0 Å². The molecule has 0 spiro atoms. The van der Waals surface area contributed by atoms with Crippen molar-refractivity contribution in [1.82, 2.24) is 15.6 Å². The summed E-state index contributed by atoms with van der Waals surface area (Å²) >= 11 is 3.55. The highest BCUT2D eigenvalue weighted by Gasteiger charge is 2.08. The van der Waals surface area contributed by atoms with Gasteiger partial charge in [-0.1, -0.05) is 13.8 Å². The minimum absolute atomic E-state index is 0. The summed E-state index contributed by atoms with van der Waals surface area (Å²) in [5, 5.41) is 12.3. The van der Waals surface area contributed by atoms with Gasteiger partial charge in [0.05, 0.1) is 10.7 Å². The fourth-order valence-corrected chi connectivity index (χ4v) is 4.24. The fourth-order valence-electron chi connectivity index (χ4n) is 2.44. The van der Waals surface area contributed by atoms with Gasteiger partial charge in [0, 0.05) is 36.9 Å². The molecule has 0 aliphatic carbocycles. The van der Waals surface area contributed by atoms with Gasteiger partial charge in [-0.25, -0.2) is 4.98 Å². The van der Waals surface area contributed by atoms with Crippen LogP contribution in [0.2, 0.25) is 0 Å². The maximum absolute atomic E-state index is 4.72. The lowest BCUT2D eigenvalue weighted by Gasteiger charge is -2.12. The van der Waals surface area contributed by atoms with Gasteiger partial charge in [0.25, 0.3) is 0 Å². The van der Waals surface area contributed by atoms with Crippen molar-refractivity contribution >= 4 is 52.6 Å². The van der Waals surface area contributed by atoms with E-state index < -0.39 is 0 Å². The van der Waals surface area contributed by atoms with Gasteiger partial charge in [0.2, 0.25) is 0 Å². The van der Waals surface area contributed by atoms with Gasteiger partial charge in [-0.3, -0.25) is 4.99 Å². The molecule has 0 fully saturated rings. The second-order valence-corrected chi connectivity index (χ2v) is 7.89. The Bertz CT molecular complexity index is 638. The number of nitrogens with one attached hydrogen (secondary N) is 2. The molecule has 0 saturated carbocycles. The Labute approximate surface area is 176 Å². The molecule has 7 heteroatoms. The summed E-state index contributed by atoms with van der Waals surface area (Å²) in [6.07, 6.45) is 1.95. The lowest BCUT2D eigenvalue weighted by molar-refractivity contribution is 0.746. The van der Waals surface area contributed by atoms with Crippen molar-refractivity contribution in [3.05, 3.63) is 38.0 Å². The quantitative estimate of drug-likeness (QED) is 0.322. The second kappa shape index (κ2) is 11.9. The molecule has 0 aromatic carbocycles. The SMILES string of the molecule is CCNC(=NCC(C)c1ccsc1)NCCc1nc(CC)c(C)s1.I. The second-order valence-electron chi connectivity index (χ2n) is 5.82. The molecule has 0 saturated heterocycles. The molecule has 4 nitrogen and oxygen atoms in total. The molecule has 0 aliphatic heterocycles. The number of aliphatic imine (C=N–C) groups is 1. The first kappa shape index (κ1) is 22.4. The van der Waals surface area contributed by atoms with Gasteiger partial charge in [0.15, 0.2) is 5.96 Å². The minimum atomic E-state index is 0. The third-order valence-electron chi connectivity index (χ3n) is 3.88. The molecule has 1 atom stereocenters. The van der Waals surface area contributed by atoms with Gasteiger partial charge < -0.3 is 10.6 Å². The van der Waals surface area contributed by atoms with Gasteiger partial charge >= 0.3 is 0 Å². The molecule has 2 N–H and O–H groups in total. The predicted octanol–water partition coefficient (Wildman–Crippen LogP) is 4.59. The Morgan fingerprint density at radius 2 is 2.12 bits per heavy atom. The topological polar surface area (TPSA) is 49.3 Å². The molecule has 2 aromatic heterocycles. The number of halogens is 1. The average molecular weight is 492 g/mol. The Hall–Kier alpha value is -0.670. The van der Waals surface area contributed by atoms with E-state index >= 15 is 0 Å². The van der Waals surface area contributed by atoms with E-state index in [1.807, 2.05) is 11.3 Å². The van der Waals surface area contributed by atoms with Gasteiger partial charge in [-0.15, -0.1) is 35.3 Å². The zero-order valence-corrected chi connectivity index (χ0v) is 19.4. The number of thiazole rings is 1. The van der Waals surface area contributed by atoms with Crippen LogP contribution in [0.15, 0.2) is 21.8 Å². The van der Waals surface area contributed by atoms with Crippen molar-refractivity contribution in [1.29, 1.82) is 0 Å². The highest BCUT2D eigenvalue weighted by atomic mass is 127. The third kappa shape index (κ3) is 7.22. The molecule has 2 aromatic rings. The fraction of sp³-hybridized carbons (Fsp3) is 0.556. The maximum Gasteiger partial charge on any atom is 0.191 e. The third-order valence-corrected chi connectivity index (χ3v) is 5.66. The number of rotatable bonds is 8. The molecule has 2 heterocycles. The molecule has 0 radical (unpaired) electrons. The van der Waals surface area contributed by atoms with E-state index in [4.69, 9.17) is 9.98 Å². The molecule has 25 heavy (non-hydrogen) atoms. The van der Waals surface area contributed by atoms with Crippen LogP contribution in [-0.2, 0) is 12.8 Å². The van der Waals surface area contributed by atoms with Crippen molar-refractivity contribution in [2.24, 2.45) is 4.99 Å². The summed E-state index contributed by atoms with van der Waals surface area (Å²) in [6.45, 7) is 11.2. The minimum Gasteiger partial charge on any atom is -0.357 e. The average Bonchev–Trinajstić information content (AvgIpc) is 3.22. The van der Waals surface area contributed by atoms with E-state index in [0.29, 0.717) is 5.92 Å². The Kier molecular flexibility index (Phi) is 10.6. The number of thiophene rings is 1. The Balaban J connectivity index is 0.00000312. The molecule has 1 unspecified atom stereocenters. The Morgan fingerprint density at radius 1 is 1.32 bits per heavy atom. The van der Waals surface area contributed by atoms with Crippen LogP contribution in [0.4, 0.5) is 0 Å². The number of hydrogen-bond acceptors (Lipinski definition) is 4. The zero-order chi connectivity index (χ0) is 17.4. The van der Waals surface area contributed by atoms with Gasteiger partial charge in [-0.05, 0) is 42.7 Å². The number of aromatic nitrogens is 1. The van der Waals surface area contributed by atoms with E-state index in [1.54, 1.807) is 11.3 Å². The summed E-state index contributed by atoms with van der Waals surface area (Å²) in [7, 11) is 0. The van der Waals surface area contributed by atoms with E-state index in [-0.39, 0.29) is 24.0 Å². The van der Waals surface area contributed by atoms with E-state index in [0.717, 1.165) is 38.4 Å². The summed E-state index contributed by atoms with van der Waals surface area (Å²) in [6, 6.07) is 2.18. The zero-order valence-electron chi connectivity index (χ0n) is 15.5. The highest BCUT2D eigenvalue weighted by Crippen LogP contribution is 2.19. The highest BCUT2D eigenvalue weighted by molar-refractivity contribution is 14.0. The van der Waals surface area contributed by atoms with Crippen molar-refractivity contribution in [3.8, 4) is 0 Å². The van der Waals surface area contributed by atoms with Crippen LogP contribution in [0.1, 0.15) is 47.8 Å². The van der Waals surface area contributed by atoms with Crippen molar-refractivity contribution in [2.45, 2.75) is 46.5 Å². The van der Waals surface area contributed by atoms with Crippen LogP contribution in [0.25, 0.3) is 0 Å². The van der Waals surface area contributed by atoms with Crippen LogP contribution in [0, 0.1) is 6.92 Å². The molecule has 0 aliphatic rings. The normalized spacial score (nSPS) is 12.6. The number of guanidine groups is 1. The van der Waals surface area contributed by atoms with Gasteiger partial charge in [-0.2, -0.15) is 11.3 Å². The van der Waals surface area contributed by atoms with Crippen LogP contribution in [-0.4, -0.2) is 30.6 Å². The van der Waals surface area contributed by atoms with Crippen LogP contribution >= 0.6 is 46.7 Å². The van der Waals surface area contributed by atoms with E-state index in [1.165, 1.54) is 21.1 Å². The van der Waals surface area contributed by atoms with E-state index in [2.05, 4.69) is 55.2 Å². The largest absolute Gasteiger partial charge is 0.357 e. The molecular formula is C18H29IN4S2. The molecule has 0 bridgehead atoms. The summed E-state index contributed by atoms with van der Waals surface area (Å²) in [5.41, 5.74) is 2.60. The standard InChI is InChI=1S/C18H28N4S2.HI/c1-5-16-14(4)24-17(22-16)7-9-20-18(19-6-2)21-11-13(3)15-8-10-23-12-15;/h8,10,12-13H,5-7,9,11H2,1-4H3,(H2,19,20,21);1H. The number of aryl methyl sites for hydroxylation is 2. The van der Waals surface area contributed by atoms with Crippen molar-refractivity contribution < 1.29 is 0 Å². The predicted molar refractivity (Wildman–Crippen MR) is 122 cm³/mol. The first-order chi connectivity index (χ1) is 11.6. The van der Waals surface area contributed by atoms with Gasteiger partial charge in [0.1, 0.15) is 0 Å². The number of hydrogen-bond donors (Lipinski definition) is 2. The molecule has 0 amide bonds. The molecule has 140 valence electrons. The first-order valence-electron chi connectivity index (χ1n) is 8.63. The van der Waals surface area contributed by atoms with Crippen molar-refractivity contribution in [2.75, 3.05) is 19.6 Å². The van der Waals surface area contributed by atoms with E-state index in [9.17, 15) is 0 Å². The van der Waals surface area contributed by atoms with Crippen LogP contribution < -0.4 is 10.6 Å². The lowest BCUT2D eigenvalue weighted by atomic mass is 10.1. The van der Waals surface area contributed by atoms with Crippen LogP contribution in [0.5, 0.6) is 0 Å².